The lowest BCUT2D eigenvalue weighted by molar-refractivity contribution is 0.0951. The predicted octanol–water partition coefficient (Wildman–Crippen LogP) is 1.60. The van der Waals surface area contributed by atoms with Gasteiger partial charge >= 0.3 is 0 Å². The molecule has 2 heterocycles. The molecule has 0 aliphatic carbocycles. The maximum Gasteiger partial charge on any atom is 0.251 e. The molecule has 1 aliphatic heterocycles. The Morgan fingerprint density at radius 2 is 2.25 bits per heavy atom. The molecule has 2 N–H and O–H groups in total. The highest BCUT2D eigenvalue weighted by molar-refractivity contribution is 5.94. The molecule has 2 aromatic rings. The van der Waals surface area contributed by atoms with Crippen LogP contribution in [0.1, 0.15) is 27.0 Å². The second-order valence-electron chi connectivity index (χ2n) is 5.28. The predicted molar refractivity (Wildman–Crippen MR) is 78.4 cm³/mol. The Kier molecular flexibility index (Phi) is 3.56. The average molecular weight is 269 g/mol. The van der Waals surface area contributed by atoms with Crippen LogP contribution in [0.2, 0.25) is 0 Å². The van der Waals surface area contributed by atoms with E-state index in [0.717, 1.165) is 30.6 Å². The maximum atomic E-state index is 12.2. The molecule has 4 heteroatoms. The van der Waals surface area contributed by atoms with Crippen molar-refractivity contribution in [2.45, 2.75) is 19.5 Å². The molecule has 4 nitrogen and oxygen atoms in total. The van der Waals surface area contributed by atoms with Crippen LogP contribution in [0.3, 0.4) is 0 Å². The molecule has 0 unspecified atom stereocenters. The lowest BCUT2D eigenvalue weighted by atomic mass is 9.98. The van der Waals surface area contributed by atoms with Gasteiger partial charge in [-0.15, -0.1) is 0 Å². The summed E-state index contributed by atoms with van der Waals surface area (Å²) in [4.78, 5) is 12.2. The molecule has 0 spiro atoms. The van der Waals surface area contributed by atoms with Gasteiger partial charge in [-0.3, -0.25) is 4.79 Å². The average Bonchev–Trinajstić information content (AvgIpc) is 2.90. The first-order valence-electron chi connectivity index (χ1n) is 6.94. The summed E-state index contributed by atoms with van der Waals surface area (Å²) in [6, 6.07) is 8.01. The van der Waals surface area contributed by atoms with E-state index in [9.17, 15) is 4.79 Å². The molecule has 0 saturated carbocycles. The maximum absolute atomic E-state index is 12.2. The van der Waals surface area contributed by atoms with E-state index in [2.05, 4.69) is 16.7 Å². The van der Waals surface area contributed by atoms with Crippen molar-refractivity contribution in [1.82, 2.24) is 15.2 Å². The van der Waals surface area contributed by atoms with E-state index in [-0.39, 0.29) is 5.91 Å². The summed E-state index contributed by atoms with van der Waals surface area (Å²) in [6.45, 7) is 2.44. The Balaban J connectivity index is 1.67. The van der Waals surface area contributed by atoms with E-state index in [0.29, 0.717) is 6.54 Å². The summed E-state index contributed by atoms with van der Waals surface area (Å²) in [5.41, 5.74) is 4.44. The number of amides is 1. The zero-order valence-corrected chi connectivity index (χ0v) is 11.6. The zero-order chi connectivity index (χ0) is 13.9. The quantitative estimate of drug-likeness (QED) is 0.889. The standard InChI is InChI=1S/C16H19N3O/c1-19-7-5-12(11-19)9-18-16(20)14-3-2-13-4-6-17-10-15(13)8-14/h2-3,5,7-8,11,17H,4,6,9-10H2,1H3,(H,18,20). The first-order valence-corrected chi connectivity index (χ1v) is 6.94. The first-order chi connectivity index (χ1) is 9.72. The van der Waals surface area contributed by atoms with Crippen LogP contribution in [0, 0.1) is 0 Å². The number of nitrogens with zero attached hydrogens (tertiary/aromatic N) is 1. The van der Waals surface area contributed by atoms with Crippen molar-refractivity contribution < 1.29 is 4.79 Å². The molecule has 0 bridgehead atoms. The number of hydrogen-bond donors (Lipinski definition) is 2. The van der Waals surface area contributed by atoms with Crippen molar-refractivity contribution in [2.75, 3.05) is 6.54 Å². The lowest BCUT2D eigenvalue weighted by Crippen LogP contribution is -2.26. The number of benzene rings is 1. The molecule has 0 radical (unpaired) electrons. The highest BCUT2D eigenvalue weighted by Crippen LogP contribution is 2.16. The summed E-state index contributed by atoms with van der Waals surface area (Å²) in [5.74, 6) is -0.0118. The molecule has 1 aromatic heterocycles. The zero-order valence-electron chi connectivity index (χ0n) is 11.6. The fourth-order valence-corrected chi connectivity index (χ4v) is 2.57. The van der Waals surface area contributed by atoms with Gasteiger partial charge in [-0.2, -0.15) is 0 Å². The molecule has 0 fully saturated rings. The second kappa shape index (κ2) is 5.51. The Bertz CT molecular complexity index is 630. The monoisotopic (exact) mass is 269 g/mol. The van der Waals surface area contributed by atoms with Crippen molar-refractivity contribution in [3.8, 4) is 0 Å². The largest absolute Gasteiger partial charge is 0.357 e. The van der Waals surface area contributed by atoms with Crippen molar-refractivity contribution in [3.63, 3.8) is 0 Å². The Morgan fingerprint density at radius 1 is 1.35 bits per heavy atom. The van der Waals surface area contributed by atoms with Gasteiger partial charge in [0.25, 0.3) is 5.91 Å². The third kappa shape index (κ3) is 2.75. The first kappa shape index (κ1) is 12.9. The molecule has 1 aliphatic rings. The van der Waals surface area contributed by atoms with Crippen LogP contribution >= 0.6 is 0 Å². The molecule has 0 atom stereocenters. The number of fused-ring (bicyclic) bond motifs is 1. The van der Waals surface area contributed by atoms with Gasteiger partial charge in [0.15, 0.2) is 0 Å². The van der Waals surface area contributed by atoms with E-state index < -0.39 is 0 Å². The van der Waals surface area contributed by atoms with E-state index >= 15 is 0 Å². The van der Waals surface area contributed by atoms with Crippen LogP contribution < -0.4 is 10.6 Å². The smallest absolute Gasteiger partial charge is 0.251 e. The van der Waals surface area contributed by atoms with E-state index in [1.807, 2.05) is 42.2 Å². The molecule has 1 aromatic carbocycles. The number of hydrogen-bond acceptors (Lipinski definition) is 2. The minimum absolute atomic E-state index is 0.0118. The lowest BCUT2D eigenvalue weighted by Gasteiger charge is -2.17. The number of nitrogens with one attached hydrogen (secondary N) is 2. The third-order valence-corrected chi connectivity index (χ3v) is 3.70. The molecule has 0 saturated heterocycles. The van der Waals surface area contributed by atoms with E-state index in [1.165, 1.54) is 11.1 Å². The molecule has 1 amide bonds. The van der Waals surface area contributed by atoms with Gasteiger partial charge < -0.3 is 15.2 Å². The van der Waals surface area contributed by atoms with Crippen LogP contribution in [-0.4, -0.2) is 17.0 Å². The molecule has 20 heavy (non-hydrogen) atoms. The van der Waals surface area contributed by atoms with Crippen LogP contribution in [0.25, 0.3) is 0 Å². The fraction of sp³-hybridized carbons (Fsp3) is 0.312. The number of carbonyl (C=O) groups excluding carboxylic acids is 1. The highest BCUT2D eigenvalue weighted by atomic mass is 16.1. The molecule has 104 valence electrons. The minimum atomic E-state index is -0.0118. The molecule has 3 rings (SSSR count). The SMILES string of the molecule is Cn1ccc(CNC(=O)c2ccc3c(c2)CNCC3)c1. The van der Waals surface area contributed by atoms with Crippen LogP contribution in [-0.2, 0) is 26.6 Å². The van der Waals surface area contributed by atoms with Crippen molar-refractivity contribution in [2.24, 2.45) is 7.05 Å². The molecular formula is C16H19N3O. The summed E-state index contributed by atoms with van der Waals surface area (Å²) < 4.78 is 1.98. The van der Waals surface area contributed by atoms with Gasteiger partial charge in [0.1, 0.15) is 0 Å². The van der Waals surface area contributed by atoms with Crippen LogP contribution in [0.5, 0.6) is 0 Å². The Morgan fingerprint density at radius 3 is 3.05 bits per heavy atom. The van der Waals surface area contributed by atoms with Crippen LogP contribution in [0.4, 0.5) is 0 Å². The van der Waals surface area contributed by atoms with Gasteiger partial charge in [-0.25, -0.2) is 0 Å². The van der Waals surface area contributed by atoms with Gasteiger partial charge in [0.2, 0.25) is 0 Å². The van der Waals surface area contributed by atoms with Gasteiger partial charge in [-0.1, -0.05) is 6.07 Å². The van der Waals surface area contributed by atoms with E-state index in [1.54, 1.807) is 0 Å². The number of rotatable bonds is 3. The van der Waals surface area contributed by atoms with E-state index in [4.69, 9.17) is 0 Å². The number of aromatic nitrogens is 1. The van der Waals surface area contributed by atoms with Gasteiger partial charge in [0.05, 0.1) is 0 Å². The van der Waals surface area contributed by atoms with Crippen molar-refractivity contribution in [1.29, 1.82) is 0 Å². The summed E-state index contributed by atoms with van der Waals surface area (Å²) >= 11 is 0. The fourth-order valence-electron chi connectivity index (χ4n) is 2.57. The summed E-state index contributed by atoms with van der Waals surface area (Å²) in [5, 5.41) is 6.30. The van der Waals surface area contributed by atoms with Gasteiger partial charge in [0, 0.05) is 38.1 Å². The molecular weight excluding hydrogens is 250 g/mol. The number of carbonyl (C=O) groups is 1. The van der Waals surface area contributed by atoms with Crippen molar-refractivity contribution in [3.05, 3.63) is 58.9 Å². The second-order valence-corrected chi connectivity index (χ2v) is 5.28. The van der Waals surface area contributed by atoms with Crippen LogP contribution in [0.15, 0.2) is 36.7 Å². The minimum Gasteiger partial charge on any atom is -0.357 e. The topological polar surface area (TPSA) is 46.1 Å². The Labute approximate surface area is 118 Å². The Hall–Kier alpha value is -2.07. The van der Waals surface area contributed by atoms with Gasteiger partial charge in [-0.05, 0) is 47.9 Å². The normalized spacial score (nSPS) is 13.8. The highest BCUT2D eigenvalue weighted by Gasteiger charge is 2.12. The summed E-state index contributed by atoms with van der Waals surface area (Å²) in [6.07, 6.45) is 5.03. The third-order valence-electron chi connectivity index (χ3n) is 3.70. The van der Waals surface area contributed by atoms with Crippen molar-refractivity contribution >= 4 is 5.91 Å². The number of aryl methyl sites for hydroxylation is 1. The summed E-state index contributed by atoms with van der Waals surface area (Å²) in [7, 11) is 1.97.